The van der Waals surface area contributed by atoms with E-state index >= 15 is 0 Å². The van der Waals surface area contributed by atoms with Crippen LogP contribution in [-0.4, -0.2) is 92.7 Å². The molecule has 4 aromatic rings. The number of hydrogen-bond acceptors (Lipinski definition) is 10. The first-order valence-electron chi connectivity index (χ1n) is 14.0. The number of fused-ring (bicyclic) bond motifs is 1. The van der Waals surface area contributed by atoms with Crippen LogP contribution in [0.2, 0.25) is 5.02 Å². The summed E-state index contributed by atoms with van der Waals surface area (Å²) >= 11 is 6.29. The molecule has 0 bridgehead atoms. The van der Waals surface area contributed by atoms with Gasteiger partial charge in [-0.15, -0.1) is 0 Å². The first kappa shape index (κ1) is 29.6. The molecule has 12 nitrogen and oxygen atoms in total. The van der Waals surface area contributed by atoms with Crippen molar-refractivity contribution in [1.29, 1.82) is 0 Å². The molecule has 1 aliphatic heterocycles. The summed E-state index contributed by atoms with van der Waals surface area (Å²) in [4.78, 5) is 33.1. The number of morpholine rings is 1. The maximum atomic E-state index is 12.4. The fourth-order valence-electron chi connectivity index (χ4n) is 4.68. The zero-order valence-corrected chi connectivity index (χ0v) is 24.8. The van der Waals surface area contributed by atoms with Gasteiger partial charge in [0.2, 0.25) is 5.95 Å². The van der Waals surface area contributed by atoms with Crippen LogP contribution in [0.1, 0.15) is 38.1 Å². The summed E-state index contributed by atoms with van der Waals surface area (Å²) in [6.07, 6.45) is 3.44. The average molecular weight is 594 g/mol. The van der Waals surface area contributed by atoms with Gasteiger partial charge in [0.05, 0.1) is 30.0 Å². The molecule has 1 amide bonds. The number of benzene rings is 1. The van der Waals surface area contributed by atoms with E-state index in [4.69, 9.17) is 26.1 Å². The molecule has 42 heavy (non-hydrogen) atoms. The summed E-state index contributed by atoms with van der Waals surface area (Å²) in [7, 11) is 0. The molecule has 1 aromatic carbocycles. The van der Waals surface area contributed by atoms with Crippen molar-refractivity contribution in [3.05, 3.63) is 59.1 Å². The van der Waals surface area contributed by atoms with Crippen molar-refractivity contribution >= 4 is 34.7 Å². The highest BCUT2D eigenvalue weighted by atomic mass is 35.5. The molecular weight excluding hydrogens is 558 g/mol. The van der Waals surface area contributed by atoms with E-state index < -0.39 is 11.7 Å². The van der Waals surface area contributed by atoms with Crippen LogP contribution < -0.4 is 10.6 Å². The number of nitrogens with one attached hydrogen (secondary N) is 3. The zero-order valence-electron chi connectivity index (χ0n) is 24.1. The fourth-order valence-corrected chi connectivity index (χ4v) is 4.88. The van der Waals surface area contributed by atoms with Gasteiger partial charge in [0.25, 0.3) is 0 Å². The number of alkyl carbamates (subject to hydrolysis) is 1. The van der Waals surface area contributed by atoms with Crippen LogP contribution in [-0.2, 0) is 15.9 Å². The first-order chi connectivity index (χ1) is 20.2. The van der Waals surface area contributed by atoms with Crippen LogP contribution in [0.5, 0.6) is 0 Å². The highest BCUT2D eigenvalue weighted by molar-refractivity contribution is 6.30. The Morgan fingerprint density at radius 1 is 1.19 bits per heavy atom. The van der Waals surface area contributed by atoms with Crippen LogP contribution in [0.3, 0.4) is 0 Å². The lowest BCUT2D eigenvalue weighted by Crippen LogP contribution is -2.39. The second kappa shape index (κ2) is 13.4. The molecule has 222 valence electrons. The van der Waals surface area contributed by atoms with Gasteiger partial charge in [0, 0.05) is 62.5 Å². The Balaban J connectivity index is 1.29. The number of anilines is 1. The second-order valence-electron chi connectivity index (χ2n) is 11.1. The fraction of sp³-hybridized carbons (Fsp3) is 0.448. The van der Waals surface area contributed by atoms with Crippen LogP contribution in [0, 0.1) is 0 Å². The maximum Gasteiger partial charge on any atom is 0.407 e. The normalized spacial score (nSPS) is 15.0. The van der Waals surface area contributed by atoms with E-state index in [-0.39, 0.29) is 5.92 Å². The number of rotatable bonds is 10. The number of H-pyrrole nitrogens is 1. The van der Waals surface area contributed by atoms with Crippen LogP contribution in [0.15, 0.2) is 42.7 Å². The Bertz CT molecular complexity index is 1500. The molecule has 3 aromatic heterocycles. The third-order valence-electron chi connectivity index (χ3n) is 6.73. The monoisotopic (exact) mass is 593 g/mol. The molecule has 0 spiro atoms. The summed E-state index contributed by atoms with van der Waals surface area (Å²) < 4.78 is 10.8. The Labute approximate surface area is 249 Å². The van der Waals surface area contributed by atoms with Crippen molar-refractivity contribution in [2.24, 2.45) is 0 Å². The zero-order chi connectivity index (χ0) is 29.5. The summed E-state index contributed by atoms with van der Waals surface area (Å²) in [5.74, 6) is 0.993. The van der Waals surface area contributed by atoms with Gasteiger partial charge < -0.3 is 20.1 Å². The number of ether oxygens (including phenoxy) is 2. The lowest BCUT2D eigenvalue weighted by Gasteiger charge is -2.26. The van der Waals surface area contributed by atoms with Crippen molar-refractivity contribution < 1.29 is 14.3 Å². The molecule has 1 unspecified atom stereocenters. The molecule has 1 aliphatic rings. The number of carbonyl (C=O) groups excluding carboxylic acids is 1. The Hall–Kier alpha value is -3.87. The Morgan fingerprint density at radius 2 is 2.02 bits per heavy atom. The first-order valence-corrected chi connectivity index (χ1v) is 14.4. The van der Waals surface area contributed by atoms with Gasteiger partial charge in [-0.05, 0) is 44.5 Å². The van der Waals surface area contributed by atoms with E-state index in [9.17, 15) is 4.79 Å². The largest absolute Gasteiger partial charge is 0.444 e. The average Bonchev–Trinajstić information content (AvgIpc) is 3.38. The van der Waals surface area contributed by atoms with Crippen molar-refractivity contribution in [2.75, 3.05) is 51.3 Å². The minimum Gasteiger partial charge on any atom is -0.444 e. The third-order valence-corrected chi connectivity index (χ3v) is 6.96. The lowest BCUT2D eigenvalue weighted by atomic mass is 9.95. The van der Waals surface area contributed by atoms with Crippen molar-refractivity contribution in [3.63, 3.8) is 0 Å². The number of hydrogen-bond donors (Lipinski definition) is 3. The smallest absolute Gasteiger partial charge is 0.407 e. The summed E-state index contributed by atoms with van der Waals surface area (Å²) in [6.45, 7) is 10.8. The van der Waals surface area contributed by atoms with Crippen molar-refractivity contribution in [3.8, 4) is 11.4 Å². The maximum absolute atomic E-state index is 12.4. The number of carbonyl (C=O) groups is 1. The van der Waals surface area contributed by atoms with E-state index in [1.54, 1.807) is 12.4 Å². The van der Waals surface area contributed by atoms with Crippen molar-refractivity contribution in [1.82, 2.24) is 40.3 Å². The molecule has 5 rings (SSSR count). The minimum absolute atomic E-state index is 0.139. The molecule has 4 heterocycles. The number of aromatic amines is 1. The number of aromatic nitrogens is 6. The quantitative estimate of drug-likeness (QED) is 0.246. The summed E-state index contributed by atoms with van der Waals surface area (Å²) in [6, 6.07) is 9.38. The van der Waals surface area contributed by atoms with Crippen LogP contribution in [0.25, 0.3) is 22.4 Å². The highest BCUT2D eigenvalue weighted by Gasteiger charge is 2.21. The number of halogens is 1. The molecule has 0 aliphatic carbocycles. The van der Waals surface area contributed by atoms with E-state index in [0.717, 1.165) is 50.3 Å². The molecule has 13 heteroatoms. The van der Waals surface area contributed by atoms with E-state index in [1.807, 2.05) is 51.1 Å². The van der Waals surface area contributed by atoms with Gasteiger partial charge in [-0.3, -0.25) is 10.00 Å². The molecular formula is C29H36ClN9O3. The molecule has 1 atom stereocenters. The van der Waals surface area contributed by atoms with E-state index in [0.29, 0.717) is 46.8 Å². The molecule has 1 saturated heterocycles. The molecule has 1 fully saturated rings. The summed E-state index contributed by atoms with van der Waals surface area (Å²) in [5, 5.41) is 15.0. The highest BCUT2D eigenvalue weighted by Crippen LogP contribution is 2.26. The Kier molecular flexibility index (Phi) is 9.45. The third kappa shape index (κ3) is 8.11. The number of nitrogens with zero attached hydrogens (tertiary/aromatic N) is 6. The van der Waals surface area contributed by atoms with Crippen LogP contribution in [0.4, 0.5) is 10.7 Å². The van der Waals surface area contributed by atoms with Gasteiger partial charge in [-0.2, -0.15) is 10.1 Å². The minimum atomic E-state index is -0.594. The van der Waals surface area contributed by atoms with Gasteiger partial charge in [-0.25, -0.2) is 19.7 Å². The van der Waals surface area contributed by atoms with Gasteiger partial charge >= 0.3 is 6.09 Å². The SMILES string of the molecule is CC(C)(C)OC(=O)NCC(Cc1nccc(-c2[nH]nc3nc(NCCN4CCOCC4)ncc23)n1)c1cccc(Cl)c1. The lowest BCUT2D eigenvalue weighted by molar-refractivity contribution is 0.0398. The Morgan fingerprint density at radius 3 is 2.81 bits per heavy atom. The predicted octanol–water partition coefficient (Wildman–Crippen LogP) is 4.06. The molecule has 3 N–H and O–H groups in total. The van der Waals surface area contributed by atoms with Crippen molar-refractivity contribution in [2.45, 2.75) is 38.7 Å². The second-order valence-corrected chi connectivity index (χ2v) is 11.5. The summed E-state index contributed by atoms with van der Waals surface area (Å²) in [5.41, 5.74) is 2.29. The van der Waals surface area contributed by atoms with E-state index in [2.05, 4.69) is 40.7 Å². The van der Waals surface area contributed by atoms with E-state index in [1.165, 1.54) is 0 Å². The van der Waals surface area contributed by atoms with Gasteiger partial charge in [0.15, 0.2) is 5.65 Å². The van der Waals surface area contributed by atoms with Crippen LogP contribution >= 0.6 is 11.6 Å². The predicted molar refractivity (Wildman–Crippen MR) is 161 cm³/mol. The molecule has 0 saturated carbocycles. The van der Waals surface area contributed by atoms with Gasteiger partial charge in [0.1, 0.15) is 11.4 Å². The topological polar surface area (TPSA) is 143 Å². The van der Waals surface area contributed by atoms with Gasteiger partial charge in [-0.1, -0.05) is 23.7 Å². The number of amides is 1. The standard InChI is InChI=1S/C29H36ClN9O3/c1-29(2,3)42-28(40)34-17-20(19-5-4-6-21(30)15-19)16-24-31-8-7-23(35-24)25-22-18-33-27(36-26(22)38-37-25)32-9-10-39-11-13-41-14-12-39/h4-8,15,18,20H,9-14,16-17H2,1-3H3,(H,34,40)(H2,32,33,36,37,38). The molecule has 0 radical (unpaired) electrons.